The van der Waals surface area contributed by atoms with Gasteiger partial charge in [-0.2, -0.15) is 0 Å². The fourth-order valence-corrected chi connectivity index (χ4v) is 2.49. The zero-order valence-electron chi connectivity index (χ0n) is 9.43. The summed E-state index contributed by atoms with van der Waals surface area (Å²) in [5.74, 6) is 0. The Bertz CT molecular complexity index is 325. The van der Waals surface area contributed by atoms with Crippen molar-refractivity contribution >= 4 is 37.5 Å². The Morgan fingerprint density at radius 3 is 2.53 bits per heavy atom. The van der Waals surface area contributed by atoms with Gasteiger partial charge >= 0.3 is 0 Å². The third-order valence-electron chi connectivity index (χ3n) is 2.80. The lowest BCUT2D eigenvalue weighted by Gasteiger charge is -2.27. The quantitative estimate of drug-likeness (QED) is 0.728. The molecule has 3 heteroatoms. The molecule has 0 spiro atoms. The molecule has 84 valence electrons. The molecule has 1 rings (SSSR count). The molecule has 0 N–H and O–H groups in total. The summed E-state index contributed by atoms with van der Waals surface area (Å²) in [6, 6.07) is 7.07. The number of benzene rings is 1. The minimum Gasteiger partial charge on any atom is -0.371 e. The van der Waals surface area contributed by atoms with E-state index in [0.717, 1.165) is 11.8 Å². The highest BCUT2D eigenvalue weighted by Gasteiger charge is 2.10. The molecule has 0 fully saturated rings. The van der Waals surface area contributed by atoms with Crippen molar-refractivity contribution in [2.45, 2.75) is 31.6 Å². The van der Waals surface area contributed by atoms with Crippen LogP contribution < -0.4 is 4.90 Å². The van der Waals surface area contributed by atoms with Crippen molar-refractivity contribution in [2.75, 3.05) is 11.9 Å². The van der Waals surface area contributed by atoms with Gasteiger partial charge in [0.1, 0.15) is 0 Å². The molecule has 0 aliphatic carbocycles. The third-order valence-corrected chi connectivity index (χ3v) is 4.08. The van der Waals surface area contributed by atoms with Gasteiger partial charge in [-0.25, -0.2) is 0 Å². The van der Waals surface area contributed by atoms with E-state index in [1.165, 1.54) is 15.7 Å². The Morgan fingerprint density at radius 2 is 2.07 bits per heavy atom. The number of hydrogen-bond acceptors (Lipinski definition) is 1. The molecule has 0 aliphatic rings. The second-order valence-corrected chi connectivity index (χ2v) is 5.20. The molecule has 0 heterocycles. The van der Waals surface area contributed by atoms with Crippen LogP contribution in [0.15, 0.2) is 22.7 Å². The first-order chi connectivity index (χ1) is 7.10. The van der Waals surface area contributed by atoms with Crippen LogP contribution in [-0.2, 0) is 5.33 Å². The molecule has 15 heavy (non-hydrogen) atoms. The molecule has 1 nitrogen and oxygen atoms in total. The van der Waals surface area contributed by atoms with Crippen LogP contribution in [0.2, 0.25) is 0 Å². The molecule has 0 amide bonds. The van der Waals surface area contributed by atoms with E-state index in [1.54, 1.807) is 0 Å². The van der Waals surface area contributed by atoms with Crippen molar-refractivity contribution in [3.8, 4) is 0 Å². The number of anilines is 1. The number of rotatable bonds is 4. The third kappa shape index (κ3) is 3.22. The first-order valence-electron chi connectivity index (χ1n) is 5.17. The van der Waals surface area contributed by atoms with Crippen LogP contribution in [0.1, 0.15) is 25.8 Å². The largest absolute Gasteiger partial charge is 0.371 e. The van der Waals surface area contributed by atoms with E-state index in [1.807, 2.05) is 0 Å². The van der Waals surface area contributed by atoms with Gasteiger partial charge in [-0.1, -0.05) is 28.9 Å². The summed E-state index contributed by atoms with van der Waals surface area (Å²) in [6.07, 6.45) is 1.16. The van der Waals surface area contributed by atoms with Gasteiger partial charge < -0.3 is 4.90 Å². The Kier molecular flexibility index (Phi) is 5.13. The van der Waals surface area contributed by atoms with Crippen molar-refractivity contribution < 1.29 is 0 Å². The SMILES string of the molecule is CCC(C)N(C)c1ccc(CBr)cc1Br. The summed E-state index contributed by atoms with van der Waals surface area (Å²) >= 11 is 7.08. The molecule has 0 aliphatic heterocycles. The lowest BCUT2D eigenvalue weighted by atomic mass is 10.1. The average Bonchev–Trinajstić information content (AvgIpc) is 2.26. The number of halogens is 2. The highest BCUT2D eigenvalue weighted by atomic mass is 79.9. The first-order valence-corrected chi connectivity index (χ1v) is 7.08. The fraction of sp³-hybridized carbons (Fsp3) is 0.500. The van der Waals surface area contributed by atoms with Crippen molar-refractivity contribution in [1.82, 2.24) is 0 Å². The Morgan fingerprint density at radius 1 is 1.40 bits per heavy atom. The topological polar surface area (TPSA) is 3.24 Å². The molecular formula is C12H17Br2N. The molecule has 0 radical (unpaired) electrons. The Labute approximate surface area is 109 Å². The molecular weight excluding hydrogens is 318 g/mol. The summed E-state index contributed by atoms with van der Waals surface area (Å²) in [5, 5.41) is 0.902. The normalized spacial score (nSPS) is 12.6. The first kappa shape index (κ1) is 13.0. The number of alkyl halides is 1. The fourth-order valence-electron chi connectivity index (χ4n) is 1.43. The molecule has 0 bridgehead atoms. The van der Waals surface area contributed by atoms with E-state index in [9.17, 15) is 0 Å². The summed E-state index contributed by atoms with van der Waals surface area (Å²) in [4.78, 5) is 2.31. The monoisotopic (exact) mass is 333 g/mol. The Hall–Kier alpha value is -0.0200. The number of nitrogens with zero attached hydrogens (tertiary/aromatic N) is 1. The molecule has 0 aromatic heterocycles. The summed E-state index contributed by atoms with van der Waals surface area (Å²) < 4.78 is 1.17. The van der Waals surface area contributed by atoms with Crippen molar-refractivity contribution in [3.63, 3.8) is 0 Å². The van der Waals surface area contributed by atoms with Crippen molar-refractivity contribution in [1.29, 1.82) is 0 Å². The van der Waals surface area contributed by atoms with E-state index >= 15 is 0 Å². The zero-order chi connectivity index (χ0) is 11.4. The van der Waals surface area contributed by atoms with Crippen molar-refractivity contribution in [2.24, 2.45) is 0 Å². The van der Waals surface area contributed by atoms with Gasteiger partial charge in [0.2, 0.25) is 0 Å². The Balaban J connectivity index is 2.95. The van der Waals surface area contributed by atoms with Gasteiger partial charge in [-0.15, -0.1) is 0 Å². The molecule has 0 saturated heterocycles. The molecule has 1 aromatic carbocycles. The molecule has 1 atom stereocenters. The molecule has 1 aromatic rings. The van der Waals surface area contributed by atoms with Gasteiger partial charge in [0, 0.05) is 22.9 Å². The summed E-state index contributed by atoms with van der Waals surface area (Å²) in [5.41, 5.74) is 2.55. The van der Waals surface area contributed by atoms with Gasteiger partial charge in [0.05, 0.1) is 5.69 Å². The van der Waals surface area contributed by atoms with Gasteiger partial charge in [0.25, 0.3) is 0 Å². The lowest BCUT2D eigenvalue weighted by Crippen LogP contribution is -2.28. The highest BCUT2D eigenvalue weighted by Crippen LogP contribution is 2.28. The van der Waals surface area contributed by atoms with E-state index in [2.05, 4.69) is 75.9 Å². The maximum absolute atomic E-state index is 3.62. The highest BCUT2D eigenvalue weighted by molar-refractivity contribution is 9.10. The van der Waals surface area contributed by atoms with Crippen molar-refractivity contribution in [3.05, 3.63) is 28.2 Å². The smallest absolute Gasteiger partial charge is 0.0510 e. The minimum atomic E-state index is 0.566. The van der Waals surface area contributed by atoms with E-state index in [0.29, 0.717) is 6.04 Å². The van der Waals surface area contributed by atoms with Crippen LogP contribution in [0.4, 0.5) is 5.69 Å². The van der Waals surface area contributed by atoms with E-state index in [4.69, 9.17) is 0 Å². The van der Waals surface area contributed by atoms with Gasteiger partial charge in [0.15, 0.2) is 0 Å². The molecule has 0 saturated carbocycles. The summed E-state index contributed by atoms with van der Waals surface area (Å²) in [6.45, 7) is 4.45. The second kappa shape index (κ2) is 5.90. The number of hydrogen-bond donors (Lipinski definition) is 0. The minimum absolute atomic E-state index is 0.566. The van der Waals surface area contributed by atoms with Crippen LogP contribution >= 0.6 is 31.9 Å². The summed E-state index contributed by atoms with van der Waals surface area (Å²) in [7, 11) is 2.14. The van der Waals surface area contributed by atoms with E-state index in [-0.39, 0.29) is 0 Å². The molecule has 1 unspecified atom stereocenters. The standard InChI is InChI=1S/C12H17Br2N/c1-4-9(2)15(3)12-6-5-10(8-13)7-11(12)14/h5-7,9H,4,8H2,1-3H3. The predicted octanol–water partition coefficient (Wildman–Crippen LogP) is 4.58. The van der Waals surface area contributed by atoms with Crippen LogP contribution in [0.5, 0.6) is 0 Å². The van der Waals surface area contributed by atoms with Crippen LogP contribution in [0.3, 0.4) is 0 Å². The maximum Gasteiger partial charge on any atom is 0.0510 e. The van der Waals surface area contributed by atoms with Gasteiger partial charge in [-0.05, 0) is 47.0 Å². The van der Waals surface area contributed by atoms with Crippen LogP contribution in [0, 0.1) is 0 Å². The van der Waals surface area contributed by atoms with Crippen LogP contribution in [-0.4, -0.2) is 13.1 Å². The predicted molar refractivity (Wildman–Crippen MR) is 74.9 cm³/mol. The van der Waals surface area contributed by atoms with Gasteiger partial charge in [-0.3, -0.25) is 0 Å². The average molecular weight is 335 g/mol. The van der Waals surface area contributed by atoms with Crippen LogP contribution in [0.25, 0.3) is 0 Å². The van der Waals surface area contributed by atoms with E-state index < -0.39 is 0 Å². The maximum atomic E-state index is 3.62. The second-order valence-electron chi connectivity index (χ2n) is 3.79. The zero-order valence-corrected chi connectivity index (χ0v) is 12.6. The lowest BCUT2D eigenvalue weighted by molar-refractivity contribution is 0.663.